The molecule has 0 radical (unpaired) electrons. The summed E-state index contributed by atoms with van der Waals surface area (Å²) < 4.78 is 0. The van der Waals surface area contributed by atoms with Gasteiger partial charge in [0.1, 0.15) is 5.54 Å². The molecule has 0 fully saturated rings. The summed E-state index contributed by atoms with van der Waals surface area (Å²) in [4.78, 5) is 14.7. The molecule has 1 heterocycles. The molecule has 0 aromatic carbocycles. The van der Waals surface area contributed by atoms with Crippen LogP contribution in [0.15, 0.2) is 23.4 Å². The summed E-state index contributed by atoms with van der Waals surface area (Å²) in [7, 11) is 0. The van der Waals surface area contributed by atoms with Gasteiger partial charge in [-0.3, -0.25) is 4.98 Å². The average molecular weight is 164 g/mol. The summed E-state index contributed by atoms with van der Waals surface area (Å²) in [5.74, 6) is 0. The second-order valence-electron chi connectivity index (χ2n) is 3.31. The van der Waals surface area contributed by atoms with Crippen LogP contribution in [0.3, 0.4) is 0 Å². The Morgan fingerprint density at radius 2 is 2.08 bits per heavy atom. The molecule has 12 heavy (non-hydrogen) atoms. The van der Waals surface area contributed by atoms with Gasteiger partial charge in [0.25, 0.3) is 0 Å². The standard InChI is InChI=1S/C9H12N2O/c1-7-5-4-6-8(10-7)9(2,3)11-12/h4-6H,1-3H3. The third kappa shape index (κ3) is 1.67. The van der Waals surface area contributed by atoms with E-state index in [0.717, 1.165) is 11.4 Å². The van der Waals surface area contributed by atoms with Crippen molar-refractivity contribution < 1.29 is 0 Å². The van der Waals surface area contributed by atoms with Gasteiger partial charge in [-0.05, 0) is 32.9 Å². The van der Waals surface area contributed by atoms with Crippen LogP contribution in [0.25, 0.3) is 0 Å². The normalized spacial score (nSPS) is 11.2. The second kappa shape index (κ2) is 3.01. The van der Waals surface area contributed by atoms with Crippen molar-refractivity contribution >= 4 is 0 Å². The molecule has 0 saturated carbocycles. The van der Waals surface area contributed by atoms with Gasteiger partial charge in [-0.2, -0.15) is 0 Å². The van der Waals surface area contributed by atoms with Crippen LogP contribution in [0.2, 0.25) is 0 Å². The number of rotatable bonds is 2. The minimum Gasteiger partial charge on any atom is -0.255 e. The van der Waals surface area contributed by atoms with Crippen molar-refractivity contribution in [2.24, 2.45) is 5.18 Å². The van der Waals surface area contributed by atoms with E-state index in [2.05, 4.69) is 10.2 Å². The Bertz CT molecular complexity index is 294. The number of pyridine rings is 1. The molecule has 3 heteroatoms. The van der Waals surface area contributed by atoms with Crippen molar-refractivity contribution in [3.8, 4) is 0 Å². The van der Waals surface area contributed by atoms with Crippen LogP contribution < -0.4 is 0 Å². The summed E-state index contributed by atoms with van der Waals surface area (Å²) in [6, 6.07) is 5.59. The first-order valence-corrected chi connectivity index (χ1v) is 3.85. The molecular weight excluding hydrogens is 152 g/mol. The van der Waals surface area contributed by atoms with Gasteiger partial charge in [-0.25, -0.2) is 0 Å². The molecule has 0 atom stereocenters. The van der Waals surface area contributed by atoms with Gasteiger partial charge < -0.3 is 0 Å². The fourth-order valence-corrected chi connectivity index (χ4v) is 0.931. The minimum atomic E-state index is -0.716. The van der Waals surface area contributed by atoms with Crippen LogP contribution in [0, 0.1) is 11.8 Å². The van der Waals surface area contributed by atoms with Crippen LogP contribution in [-0.2, 0) is 5.54 Å². The largest absolute Gasteiger partial charge is 0.255 e. The minimum absolute atomic E-state index is 0.716. The van der Waals surface area contributed by atoms with E-state index in [1.165, 1.54) is 0 Å². The highest BCUT2D eigenvalue weighted by atomic mass is 16.3. The topological polar surface area (TPSA) is 42.3 Å². The zero-order valence-corrected chi connectivity index (χ0v) is 7.53. The maximum absolute atomic E-state index is 10.4. The van der Waals surface area contributed by atoms with E-state index < -0.39 is 5.54 Å². The first-order chi connectivity index (χ1) is 5.56. The van der Waals surface area contributed by atoms with E-state index in [4.69, 9.17) is 0 Å². The van der Waals surface area contributed by atoms with Gasteiger partial charge in [0.2, 0.25) is 0 Å². The smallest absolute Gasteiger partial charge is 0.139 e. The lowest BCUT2D eigenvalue weighted by Gasteiger charge is -2.14. The van der Waals surface area contributed by atoms with E-state index in [1.807, 2.05) is 25.1 Å². The Balaban J connectivity index is 3.11. The van der Waals surface area contributed by atoms with Crippen molar-refractivity contribution in [3.63, 3.8) is 0 Å². The van der Waals surface area contributed by atoms with Crippen LogP contribution >= 0.6 is 0 Å². The van der Waals surface area contributed by atoms with Crippen molar-refractivity contribution in [2.45, 2.75) is 26.3 Å². The molecule has 1 aromatic rings. The zero-order valence-electron chi connectivity index (χ0n) is 7.53. The third-order valence-corrected chi connectivity index (χ3v) is 1.74. The Labute approximate surface area is 71.8 Å². The molecule has 0 N–H and O–H groups in total. The van der Waals surface area contributed by atoms with E-state index >= 15 is 0 Å². The summed E-state index contributed by atoms with van der Waals surface area (Å²) in [5, 5.41) is 3.02. The SMILES string of the molecule is Cc1cccc(C(C)(C)N=O)n1. The lowest BCUT2D eigenvalue weighted by molar-refractivity contribution is 0.532. The quantitative estimate of drug-likeness (QED) is 0.630. The van der Waals surface area contributed by atoms with Crippen LogP contribution in [0.1, 0.15) is 25.2 Å². The van der Waals surface area contributed by atoms with Crippen LogP contribution in [-0.4, -0.2) is 4.98 Å². The van der Waals surface area contributed by atoms with E-state index in [1.54, 1.807) is 13.8 Å². The first-order valence-electron chi connectivity index (χ1n) is 3.85. The Hall–Kier alpha value is -1.25. The maximum atomic E-state index is 10.4. The summed E-state index contributed by atoms with van der Waals surface area (Å²) in [6.45, 7) is 5.40. The number of hydrogen-bond donors (Lipinski definition) is 0. The molecule has 1 aromatic heterocycles. The van der Waals surface area contributed by atoms with E-state index in [-0.39, 0.29) is 0 Å². The molecule has 64 valence electrons. The number of hydrogen-bond acceptors (Lipinski definition) is 3. The molecule has 0 aliphatic carbocycles. The highest BCUT2D eigenvalue weighted by Gasteiger charge is 2.22. The second-order valence-corrected chi connectivity index (χ2v) is 3.31. The van der Waals surface area contributed by atoms with Gasteiger partial charge in [0, 0.05) is 5.69 Å². The highest BCUT2D eigenvalue weighted by Crippen LogP contribution is 2.21. The number of nitrogens with zero attached hydrogens (tertiary/aromatic N) is 2. The maximum Gasteiger partial charge on any atom is 0.139 e. The molecule has 0 amide bonds. The Morgan fingerprint density at radius 3 is 2.58 bits per heavy atom. The molecular formula is C9H12N2O. The fraction of sp³-hybridized carbons (Fsp3) is 0.444. The van der Waals surface area contributed by atoms with Crippen molar-refractivity contribution in [1.29, 1.82) is 0 Å². The predicted molar refractivity (Wildman–Crippen MR) is 47.8 cm³/mol. The van der Waals surface area contributed by atoms with Crippen LogP contribution in [0.4, 0.5) is 0 Å². The van der Waals surface area contributed by atoms with Gasteiger partial charge in [0.05, 0.1) is 5.69 Å². The molecule has 0 saturated heterocycles. The van der Waals surface area contributed by atoms with Crippen LogP contribution in [0.5, 0.6) is 0 Å². The van der Waals surface area contributed by atoms with Gasteiger partial charge in [-0.15, -0.1) is 4.91 Å². The number of aromatic nitrogens is 1. The summed E-state index contributed by atoms with van der Waals surface area (Å²) >= 11 is 0. The average Bonchev–Trinajstić information content (AvgIpc) is 2.05. The van der Waals surface area contributed by atoms with Gasteiger partial charge in [0.15, 0.2) is 0 Å². The first kappa shape index (κ1) is 8.84. The van der Waals surface area contributed by atoms with Gasteiger partial charge in [-0.1, -0.05) is 11.2 Å². The lowest BCUT2D eigenvalue weighted by atomic mass is 10.0. The van der Waals surface area contributed by atoms with Crippen molar-refractivity contribution in [1.82, 2.24) is 4.98 Å². The fourth-order valence-electron chi connectivity index (χ4n) is 0.931. The van der Waals surface area contributed by atoms with Gasteiger partial charge >= 0.3 is 0 Å². The Kier molecular flexibility index (Phi) is 2.22. The van der Waals surface area contributed by atoms with E-state index in [0.29, 0.717) is 0 Å². The zero-order chi connectivity index (χ0) is 9.19. The monoisotopic (exact) mass is 164 g/mol. The number of nitroso groups, excluding NO2 is 1. The van der Waals surface area contributed by atoms with Crippen molar-refractivity contribution in [3.05, 3.63) is 34.5 Å². The third-order valence-electron chi connectivity index (χ3n) is 1.74. The molecule has 0 aliphatic heterocycles. The Morgan fingerprint density at radius 1 is 1.42 bits per heavy atom. The molecule has 0 aliphatic rings. The highest BCUT2D eigenvalue weighted by molar-refractivity contribution is 5.16. The van der Waals surface area contributed by atoms with E-state index in [9.17, 15) is 4.91 Å². The molecule has 3 nitrogen and oxygen atoms in total. The summed E-state index contributed by atoms with van der Waals surface area (Å²) in [5.41, 5.74) is 0.910. The molecule has 0 unspecified atom stereocenters. The van der Waals surface area contributed by atoms with Crippen molar-refractivity contribution in [2.75, 3.05) is 0 Å². The summed E-state index contributed by atoms with van der Waals surface area (Å²) in [6.07, 6.45) is 0. The molecule has 0 spiro atoms. The lowest BCUT2D eigenvalue weighted by Crippen LogP contribution is -2.15. The predicted octanol–water partition coefficient (Wildman–Crippen LogP) is 2.39. The number of aryl methyl sites for hydroxylation is 1. The molecule has 0 bridgehead atoms. The molecule has 1 rings (SSSR count).